The second kappa shape index (κ2) is 6.38. The molecule has 1 saturated heterocycles. The van der Waals surface area contributed by atoms with Gasteiger partial charge in [0, 0.05) is 23.2 Å². The highest BCUT2D eigenvalue weighted by Gasteiger charge is 2.36. The molecule has 4 nitrogen and oxygen atoms in total. The van der Waals surface area contributed by atoms with Crippen molar-refractivity contribution in [2.75, 3.05) is 13.2 Å². The van der Waals surface area contributed by atoms with Gasteiger partial charge < -0.3 is 4.74 Å². The van der Waals surface area contributed by atoms with Gasteiger partial charge in [0.25, 0.3) is 0 Å². The van der Waals surface area contributed by atoms with Crippen molar-refractivity contribution in [1.82, 2.24) is 4.31 Å². The molecule has 1 aromatic rings. The molecule has 1 fully saturated rings. The third-order valence-corrected chi connectivity index (χ3v) is 5.85. The molecule has 0 aliphatic carbocycles. The van der Waals surface area contributed by atoms with Crippen LogP contribution in [0.25, 0.3) is 0 Å². The number of rotatable bonds is 3. The van der Waals surface area contributed by atoms with Crippen LogP contribution in [-0.2, 0) is 20.6 Å². The smallest absolute Gasteiger partial charge is 0.246 e. The quantitative estimate of drug-likeness (QED) is 0.783. The van der Waals surface area contributed by atoms with Gasteiger partial charge in [0.1, 0.15) is 10.7 Å². The molecule has 2 rings (SSSR count). The average Bonchev–Trinajstić information content (AvgIpc) is 2.43. The standard InChI is InChI=1S/C13H16Cl2FNO3S/c1-8-7-20-9(2)6-17(8)21(18,19)12-4-11(15)3-10(5-14)13(12)16/h3-4,8-9H,5-7H2,1-2H3. The zero-order chi connectivity index (χ0) is 15.8. The minimum atomic E-state index is -3.99. The van der Waals surface area contributed by atoms with Crippen molar-refractivity contribution in [2.45, 2.75) is 36.8 Å². The molecular formula is C13H16Cl2FNO3S. The largest absolute Gasteiger partial charge is 0.375 e. The molecule has 0 aromatic heterocycles. The van der Waals surface area contributed by atoms with Crippen molar-refractivity contribution >= 4 is 33.2 Å². The Labute approximate surface area is 133 Å². The van der Waals surface area contributed by atoms with E-state index in [4.69, 9.17) is 27.9 Å². The fourth-order valence-corrected chi connectivity index (χ4v) is 4.56. The summed E-state index contributed by atoms with van der Waals surface area (Å²) in [4.78, 5) is -0.438. The molecule has 0 amide bonds. The van der Waals surface area contributed by atoms with Crippen molar-refractivity contribution in [3.8, 4) is 0 Å². The van der Waals surface area contributed by atoms with Crippen LogP contribution in [0, 0.1) is 5.82 Å². The number of hydrogen-bond acceptors (Lipinski definition) is 3. The van der Waals surface area contributed by atoms with E-state index in [1.165, 1.54) is 10.4 Å². The normalized spacial score (nSPS) is 24.2. The summed E-state index contributed by atoms with van der Waals surface area (Å²) in [5, 5.41) is 0.139. The first-order valence-electron chi connectivity index (χ1n) is 6.44. The topological polar surface area (TPSA) is 46.6 Å². The lowest BCUT2D eigenvalue weighted by molar-refractivity contribution is -0.0171. The number of nitrogens with zero attached hydrogens (tertiary/aromatic N) is 1. The van der Waals surface area contributed by atoms with Crippen LogP contribution in [0.2, 0.25) is 5.02 Å². The Morgan fingerprint density at radius 2 is 2.10 bits per heavy atom. The minimum absolute atomic E-state index is 0.0664. The van der Waals surface area contributed by atoms with Gasteiger partial charge in [-0.25, -0.2) is 12.8 Å². The van der Waals surface area contributed by atoms with Crippen LogP contribution in [0.15, 0.2) is 17.0 Å². The molecule has 21 heavy (non-hydrogen) atoms. The molecule has 118 valence electrons. The van der Waals surface area contributed by atoms with E-state index in [1.807, 2.05) is 0 Å². The maximum Gasteiger partial charge on any atom is 0.246 e. The van der Waals surface area contributed by atoms with E-state index in [9.17, 15) is 12.8 Å². The Morgan fingerprint density at radius 3 is 2.71 bits per heavy atom. The van der Waals surface area contributed by atoms with Crippen LogP contribution in [0.1, 0.15) is 19.4 Å². The zero-order valence-corrected chi connectivity index (χ0v) is 14.0. The van der Waals surface area contributed by atoms with E-state index in [0.29, 0.717) is 0 Å². The predicted molar refractivity (Wildman–Crippen MR) is 79.7 cm³/mol. The number of alkyl halides is 1. The third-order valence-electron chi connectivity index (χ3n) is 3.36. The van der Waals surface area contributed by atoms with Crippen LogP contribution in [0.4, 0.5) is 4.39 Å². The van der Waals surface area contributed by atoms with Crippen molar-refractivity contribution < 1.29 is 17.5 Å². The Bertz CT molecular complexity index is 639. The molecule has 2 atom stereocenters. The second-order valence-electron chi connectivity index (χ2n) is 5.08. The lowest BCUT2D eigenvalue weighted by Crippen LogP contribution is -2.50. The fourth-order valence-electron chi connectivity index (χ4n) is 2.24. The van der Waals surface area contributed by atoms with Crippen LogP contribution < -0.4 is 0 Å². The molecule has 2 unspecified atom stereocenters. The highest BCUT2D eigenvalue weighted by molar-refractivity contribution is 7.89. The molecule has 0 N–H and O–H groups in total. The van der Waals surface area contributed by atoms with Crippen molar-refractivity contribution in [2.24, 2.45) is 0 Å². The van der Waals surface area contributed by atoms with Crippen LogP contribution >= 0.6 is 23.2 Å². The maximum absolute atomic E-state index is 14.3. The first kappa shape index (κ1) is 17.0. The lowest BCUT2D eigenvalue weighted by atomic mass is 10.2. The van der Waals surface area contributed by atoms with Crippen LogP contribution in [0.5, 0.6) is 0 Å². The monoisotopic (exact) mass is 355 g/mol. The summed E-state index contributed by atoms with van der Waals surface area (Å²) in [5.41, 5.74) is 0.0664. The molecule has 0 bridgehead atoms. The number of halogens is 3. The van der Waals surface area contributed by atoms with Gasteiger partial charge in [-0.15, -0.1) is 11.6 Å². The van der Waals surface area contributed by atoms with Gasteiger partial charge in [0.2, 0.25) is 10.0 Å². The first-order valence-corrected chi connectivity index (χ1v) is 8.80. The summed E-state index contributed by atoms with van der Waals surface area (Å²) < 4.78 is 46.4. The number of benzene rings is 1. The van der Waals surface area contributed by atoms with Crippen LogP contribution in [0.3, 0.4) is 0 Å². The summed E-state index contributed by atoms with van der Waals surface area (Å²) in [6, 6.07) is 2.08. The molecule has 1 aliphatic rings. The zero-order valence-electron chi connectivity index (χ0n) is 11.6. The Kier molecular flexibility index (Phi) is 5.15. The molecule has 8 heteroatoms. The highest BCUT2D eigenvalue weighted by Crippen LogP contribution is 2.29. The van der Waals surface area contributed by atoms with Gasteiger partial charge in [-0.05, 0) is 26.0 Å². The van der Waals surface area contributed by atoms with Gasteiger partial charge in [-0.2, -0.15) is 4.31 Å². The molecule has 1 aliphatic heterocycles. The van der Waals surface area contributed by atoms with Gasteiger partial charge in [0.15, 0.2) is 0 Å². The van der Waals surface area contributed by atoms with Crippen molar-refractivity contribution in [3.05, 3.63) is 28.5 Å². The second-order valence-corrected chi connectivity index (χ2v) is 7.64. The van der Waals surface area contributed by atoms with E-state index in [0.717, 1.165) is 6.07 Å². The van der Waals surface area contributed by atoms with E-state index in [2.05, 4.69) is 0 Å². The molecule has 0 radical (unpaired) electrons. The van der Waals surface area contributed by atoms with Gasteiger partial charge >= 0.3 is 0 Å². The first-order chi connectivity index (χ1) is 9.77. The molecular weight excluding hydrogens is 340 g/mol. The highest BCUT2D eigenvalue weighted by atomic mass is 35.5. The fraction of sp³-hybridized carbons (Fsp3) is 0.538. The lowest BCUT2D eigenvalue weighted by Gasteiger charge is -2.35. The molecule has 1 heterocycles. The van der Waals surface area contributed by atoms with Crippen molar-refractivity contribution in [1.29, 1.82) is 0 Å². The van der Waals surface area contributed by atoms with Gasteiger partial charge in [-0.3, -0.25) is 0 Å². The summed E-state index contributed by atoms with van der Waals surface area (Å²) in [5.74, 6) is -0.995. The number of hydrogen-bond donors (Lipinski definition) is 0. The Hall–Kier alpha value is -0.400. The molecule has 1 aromatic carbocycles. The SMILES string of the molecule is CC1CN(S(=O)(=O)c2cc(Cl)cc(CCl)c2F)C(C)CO1. The summed E-state index contributed by atoms with van der Waals surface area (Å²) >= 11 is 11.5. The average molecular weight is 356 g/mol. The minimum Gasteiger partial charge on any atom is -0.375 e. The number of ether oxygens (including phenoxy) is 1. The van der Waals surface area contributed by atoms with Crippen LogP contribution in [-0.4, -0.2) is 38.0 Å². The van der Waals surface area contributed by atoms with Crippen molar-refractivity contribution in [3.63, 3.8) is 0 Å². The van der Waals surface area contributed by atoms with E-state index in [-0.39, 0.29) is 41.8 Å². The summed E-state index contributed by atoms with van der Waals surface area (Å²) in [7, 11) is -3.99. The van der Waals surface area contributed by atoms with Gasteiger partial charge in [0.05, 0.1) is 18.6 Å². The molecule has 0 spiro atoms. The molecule has 0 saturated carbocycles. The number of morpholine rings is 1. The summed E-state index contributed by atoms with van der Waals surface area (Å²) in [6.07, 6.45) is -0.245. The number of sulfonamides is 1. The van der Waals surface area contributed by atoms with E-state index >= 15 is 0 Å². The maximum atomic E-state index is 14.3. The van der Waals surface area contributed by atoms with E-state index < -0.39 is 20.7 Å². The predicted octanol–water partition coefficient (Wildman–Crippen LogP) is 3.02. The third kappa shape index (κ3) is 3.35. The Balaban J connectivity index is 2.51. The van der Waals surface area contributed by atoms with E-state index in [1.54, 1.807) is 13.8 Å². The van der Waals surface area contributed by atoms with Gasteiger partial charge in [-0.1, -0.05) is 11.6 Å². The summed E-state index contributed by atoms with van der Waals surface area (Å²) in [6.45, 7) is 3.93. The Morgan fingerprint density at radius 1 is 1.43 bits per heavy atom.